The smallest absolute Gasteiger partial charge is 0.217 e. The van der Waals surface area contributed by atoms with Crippen LogP contribution in [0.3, 0.4) is 0 Å². The quantitative estimate of drug-likeness (QED) is 0.106. The molecule has 1 fully saturated rings. The average molecular weight is 518 g/mol. The minimum atomic E-state index is -1.56. The van der Waals surface area contributed by atoms with E-state index in [4.69, 9.17) is 9.47 Å². The second-order valence-corrected chi connectivity index (χ2v) is 9.93. The zero-order chi connectivity index (χ0) is 26.8. The maximum absolute atomic E-state index is 11.6. The Morgan fingerprint density at radius 3 is 2.00 bits per heavy atom. The topological polar surface area (TPSA) is 149 Å². The predicted octanol–water partition coefficient (Wildman–Crippen LogP) is 2.32. The van der Waals surface area contributed by atoms with Crippen LogP contribution in [0.5, 0.6) is 0 Å². The number of hydrogen-bond donors (Lipinski definition) is 6. The summed E-state index contributed by atoms with van der Waals surface area (Å²) in [6.45, 7) is 2.80. The summed E-state index contributed by atoms with van der Waals surface area (Å²) in [4.78, 5) is 11.6. The molecule has 9 heteroatoms. The molecule has 36 heavy (non-hydrogen) atoms. The molecule has 1 aliphatic rings. The van der Waals surface area contributed by atoms with Crippen molar-refractivity contribution in [2.75, 3.05) is 13.2 Å². The van der Waals surface area contributed by atoms with Crippen molar-refractivity contribution < 1.29 is 39.8 Å². The molecule has 1 heterocycles. The van der Waals surface area contributed by atoms with E-state index in [2.05, 4.69) is 12.2 Å². The molecule has 0 bridgehead atoms. The zero-order valence-electron chi connectivity index (χ0n) is 22.3. The fraction of sp³-hybridized carbons (Fsp3) is 0.889. The van der Waals surface area contributed by atoms with E-state index in [1.807, 2.05) is 6.08 Å². The standard InChI is InChI=1S/C27H51NO8/c1-3-4-5-6-7-8-9-10-11-12-13-14-15-16-17-22(31)21(28-20(2)30)19-35-27-26(34)25(33)24(32)23(18-29)36-27/h16-17,21-27,29,31-34H,3-15,18-19H2,1-2H3,(H,28,30)/b17-16+. The first-order valence-corrected chi connectivity index (χ1v) is 13.9. The lowest BCUT2D eigenvalue weighted by Crippen LogP contribution is -2.60. The summed E-state index contributed by atoms with van der Waals surface area (Å²) in [5.41, 5.74) is 0. The predicted molar refractivity (Wildman–Crippen MR) is 138 cm³/mol. The molecule has 1 saturated heterocycles. The van der Waals surface area contributed by atoms with E-state index >= 15 is 0 Å². The van der Waals surface area contributed by atoms with Crippen LogP contribution in [0.25, 0.3) is 0 Å². The van der Waals surface area contributed by atoms with Gasteiger partial charge in [-0.3, -0.25) is 4.79 Å². The van der Waals surface area contributed by atoms with Crippen molar-refractivity contribution in [2.45, 2.75) is 140 Å². The zero-order valence-corrected chi connectivity index (χ0v) is 22.3. The van der Waals surface area contributed by atoms with Gasteiger partial charge in [0, 0.05) is 6.92 Å². The number of hydrogen-bond acceptors (Lipinski definition) is 8. The molecule has 0 saturated carbocycles. The van der Waals surface area contributed by atoms with Crippen molar-refractivity contribution in [3.05, 3.63) is 12.2 Å². The normalized spacial score (nSPS) is 26.2. The second-order valence-electron chi connectivity index (χ2n) is 9.93. The van der Waals surface area contributed by atoms with Gasteiger partial charge in [-0.15, -0.1) is 0 Å². The third kappa shape index (κ3) is 13.5. The number of allylic oxidation sites excluding steroid dienone is 1. The Morgan fingerprint density at radius 1 is 0.917 bits per heavy atom. The lowest BCUT2D eigenvalue weighted by atomic mass is 9.99. The number of carbonyl (C=O) groups is 1. The maximum atomic E-state index is 11.6. The highest BCUT2D eigenvalue weighted by molar-refractivity contribution is 5.73. The van der Waals surface area contributed by atoms with E-state index in [9.17, 15) is 30.3 Å². The van der Waals surface area contributed by atoms with Crippen LogP contribution in [-0.2, 0) is 14.3 Å². The van der Waals surface area contributed by atoms with Crippen molar-refractivity contribution in [1.29, 1.82) is 0 Å². The number of amides is 1. The van der Waals surface area contributed by atoms with Crippen molar-refractivity contribution >= 4 is 5.91 Å². The molecule has 1 rings (SSSR count). The Labute approximate surface area is 216 Å². The molecule has 7 unspecified atom stereocenters. The molecule has 0 aromatic carbocycles. The van der Waals surface area contributed by atoms with Crippen molar-refractivity contribution in [2.24, 2.45) is 0 Å². The molecule has 0 spiro atoms. The monoisotopic (exact) mass is 517 g/mol. The minimum Gasteiger partial charge on any atom is -0.394 e. The molecule has 0 radical (unpaired) electrons. The van der Waals surface area contributed by atoms with Gasteiger partial charge in [-0.05, 0) is 12.8 Å². The van der Waals surface area contributed by atoms with Crippen LogP contribution in [0.2, 0.25) is 0 Å². The van der Waals surface area contributed by atoms with Gasteiger partial charge in [0.15, 0.2) is 6.29 Å². The lowest BCUT2D eigenvalue weighted by Gasteiger charge is -2.40. The maximum Gasteiger partial charge on any atom is 0.217 e. The van der Waals surface area contributed by atoms with Crippen LogP contribution < -0.4 is 5.32 Å². The number of nitrogens with one attached hydrogen (secondary N) is 1. The molecule has 0 aromatic heterocycles. The number of rotatable bonds is 20. The molecule has 212 valence electrons. The summed E-state index contributed by atoms with van der Waals surface area (Å²) >= 11 is 0. The van der Waals surface area contributed by atoms with Gasteiger partial charge in [-0.25, -0.2) is 0 Å². The first-order valence-electron chi connectivity index (χ1n) is 13.9. The molecular weight excluding hydrogens is 466 g/mol. The van der Waals surface area contributed by atoms with E-state index in [-0.39, 0.29) is 12.5 Å². The highest BCUT2D eigenvalue weighted by Gasteiger charge is 2.44. The molecule has 1 amide bonds. The molecule has 0 aromatic rings. The summed E-state index contributed by atoms with van der Waals surface area (Å²) < 4.78 is 10.8. The molecule has 7 atom stereocenters. The van der Waals surface area contributed by atoms with Crippen LogP contribution >= 0.6 is 0 Å². The molecule has 1 aliphatic heterocycles. The van der Waals surface area contributed by atoms with Gasteiger partial charge in [0.25, 0.3) is 0 Å². The number of unbranched alkanes of at least 4 members (excludes halogenated alkanes) is 12. The van der Waals surface area contributed by atoms with Crippen LogP contribution in [-0.4, -0.2) is 87.5 Å². The van der Waals surface area contributed by atoms with Gasteiger partial charge in [-0.1, -0.05) is 89.7 Å². The Bertz CT molecular complexity index is 588. The average Bonchev–Trinajstić information content (AvgIpc) is 2.86. The van der Waals surface area contributed by atoms with E-state index in [1.165, 1.54) is 71.1 Å². The summed E-state index contributed by atoms with van der Waals surface area (Å²) in [5, 5.41) is 52.3. The highest BCUT2D eigenvalue weighted by Crippen LogP contribution is 2.22. The van der Waals surface area contributed by atoms with Crippen molar-refractivity contribution in [1.82, 2.24) is 5.32 Å². The lowest BCUT2D eigenvalue weighted by molar-refractivity contribution is -0.302. The van der Waals surface area contributed by atoms with E-state index < -0.39 is 49.5 Å². The van der Waals surface area contributed by atoms with Crippen LogP contribution in [0.1, 0.15) is 97.3 Å². The van der Waals surface area contributed by atoms with Crippen LogP contribution in [0, 0.1) is 0 Å². The summed E-state index contributed by atoms with van der Waals surface area (Å²) in [7, 11) is 0. The minimum absolute atomic E-state index is 0.202. The Hall–Kier alpha value is -1.07. The molecule has 6 N–H and O–H groups in total. The van der Waals surface area contributed by atoms with Gasteiger partial charge in [0.2, 0.25) is 5.91 Å². The van der Waals surface area contributed by atoms with E-state index in [0.717, 1.165) is 19.3 Å². The van der Waals surface area contributed by atoms with Gasteiger partial charge >= 0.3 is 0 Å². The van der Waals surface area contributed by atoms with Crippen LogP contribution in [0.15, 0.2) is 12.2 Å². The fourth-order valence-corrected chi connectivity index (χ4v) is 4.36. The molecular formula is C27H51NO8. The largest absolute Gasteiger partial charge is 0.394 e. The SMILES string of the molecule is CCCCCCCCCCCCCC/C=C/C(O)C(COC1OC(CO)C(O)C(O)C1O)NC(C)=O. The van der Waals surface area contributed by atoms with Gasteiger partial charge < -0.3 is 40.3 Å². The van der Waals surface area contributed by atoms with Gasteiger partial charge in [-0.2, -0.15) is 0 Å². The van der Waals surface area contributed by atoms with E-state index in [0.29, 0.717) is 0 Å². The Kier molecular flexibility index (Phi) is 18.3. The van der Waals surface area contributed by atoms with Gasteiger partial charge in [0.1, 0.15) is 24.4 Å². The number of ether oxygens (including phenoxy) is 2. The third-order valence-corrected chi connectivity index (χ3v) is 6.65. The Balaban J connectivity index is 2.28. The van der Waals surface area contributed by atoms with Crippen LogP contribution in [0.4, 0.5) is 0 Å². The van der Waals surface area contributed by atoms with Crippen molar-refractivity contribution in [3.63, 3.8) is 0 Å². The van der Waals surface area contributed by atoms with Crippen molar-refractivity contribution in [3.8, 4) is 0 Å². The molecule has 0 aliphatic carbocycles. The fourth-order valence-electron chi connectivity index (χ4n) is 4.36. The van der Waals surface area contributed by atoms with E-state index in [1.54, 1.807) is 6.08 Å². The summed E-state index contributed by atoms with van der Waals surface area (Å²) in [6.07, 6.45) is 11.7. The van der Waals surface area contributed by atoms with Gasteiger partial charge in [0.05, 0.1) is 25.4 Å². The number of aliphatic hydroxyl groups excluding tert-OH is 5. The molecule has 9 nitrogen and oxygen atoms in total. The summed E-state index contributed by atoms with van der Waals surface area (Å²) in [6, 6.07) is -0.798. The first kappa shape index (κ1) is 33.0. The highest BCUT2D eigenvalue weighted by atomic mass is 16.7. The second kappa shape index (κ2) is 20.0. The summed E-state index contributed by atoms with van der Waals surface area (Å²) in [5.74, 6) is -0.356. The number of carbonyl (C=O) groups excluding carboxylic acids is 1. The Morgan fingerprint density at radius 2 is 1.47 bits per heavy atom. The third-order valence-electron chi connectivity index (χ3n) is 6.65. The first-order chi connectivity index (χ1) is 17.3. The number of aliphatic hydroxyl groups is 5.